The Bertz CT molecular complexity index is 196. The molecule has 0 aromatic rings. The van der Waals surface area contributed by atoms with Crippen LogP contribution in [0.1, 0.15) is 26.7 Å². The van der Waals surface area contributed by atoms with Gasteiger partial charge in [-0.2, -0.15) is 0 Å². The molecule has 1 aliphatic rings. The van der Waals surface area contributed by atoms with E-state index in [0.717, 1.165) is 12.8 Å². The lowest BCUT2D eigenvalue weighted by atomic mass is 9.83. The van der Waals surface area contributed by atoms with Crippen molar-refractivity contribution in [1.82, 2.24) is 0 Å². The summed E-state index contributed by atoms with van der Waals surface area (Å²) in [4.78, 5) is 0. The molecule has 62 valence electrons. The fourth-order valence-electron chi connectivity index (χ4n) is 1.30. The van der Waals surface area contributed by atoms with Crippen LogP contribution in [0.4, 0.5) is 0 Å². The highest BCUT2D eigenvalue weighted by molar-refractivity contribution is 6.69. The summed E-state index contributed by atoms with van der Waals surface area (Å²) >= 11 is 5.89. The number of amidine groups is 1. The van der Waals surface area contributed by atoms with Crippen molar-refractivity contribution in [1.29, 1.82) is 0 Å². The van der Waals surface area contributed by atoms with Gasteiger partial charge >= 0.3 is 0 Å². The van der Waals surface area contributed by atoms with Crippen LogP contribution in [0.25, 0.3) is 0 Å². The molecular weight excluding hydrogens is 162 g/mol. The largest absolute Gasteiger partial charge is 0.385 e. The predicted molar refractivity (Wildman–Crippen MR) is 47.9 cm³/mol. The summed E-state index contributed by atoms with van der Waals surface area (Å²) in [5, 5.41) is 8.05. The molecule has 0 spiro atoms. The van der Waals surface area contributed by atoms with Gasteiger partial charge in [-0.25, -0.2) is 0 Å². The van der Waals surface area contributed by atoms with Gasteiger partial charge < -0.3 is 5.73 Å². The highest BCUT2D eigenvalue weighted by Gasteiger charge is 2.39. The summed E-state index contributed by atoms with van der Waals surface area (Å²) in [5.41, 5.74) is 5.41. The van der Waals surface area contributed by atoms with Gasteiger partial charge in [0.1, 0.15) is 11.0 Å². The second-order valence-electron chi connectivity index (χ2n) is 2.67. The second kappa shape index (κ2) is 2.81. The first-order valence-corrected chi connectivity index (χ1v) is 4.12. The van der Waals surface area contributed by atoms with Gasteiger partial charge in [-0.1, -0.05) is 25.4 Å². The maximum atomic E-state index is 5.89. The first-order chi connectivity index (χ1) is 5.17. The minimum absolute atomic E-state index is 0.262. The average Bonchev–Trinajstić information content (AvgIpc) is 2.29. The smallest absolute Gasteiger partial charge is 0.142 e. The summed E-state index contributed by atoms with van der Waals surface area (Å²) in [6.07, 6.45) is 1.72. The van der Waals surface area contributed by atoms with Gasteiger partial charge in [0.2, 0.25) is 0 Å². The molecule has 0 atom stereocenters. The summed E-state index contributed by atoms with van der Waals surface area (Å²) < 4.78 is 0. The fraction of sp³-hybridized carbons (Fsp3) is 0.714. The second-order valence-corrected chi connectivity index (χ2v) is 3.02. The van der Waals surface area contributed by atoms with E-state index in [-0.39, 0.29) is 5.41 Å². The molecule has 0 aliphatic carbocycles. The lowest BCUT2D eigenvalue weighted by Crippen LogP contribution is -2.38. The van der Waals surface area contributed by atoms with Gasteiger partial charge in [0.05, 0.1) is 5.41 Å². The molecule has 0 amide bonds. The first kappa shape index (κ1) is 8.53. The van der Waals surface area contributed by atoms with Crippen LogP contribution in [0.2, 0.25) is 0 Å². The normalized spacial score (nSPS) is 21.4. The van der Waals surface area contributed by atoms with Crippen LogP contribution < -0.4 is 5.73 Å². The molecular formula is C7H12ClN3. The number of halogens is 1. The minimum Gasteiger partial charge on any atom is -0.385 e. The Morgan fingerprint density at radius 1 is 1.36 bits per heavy atom. The maximum absolute atomic E-state index is 5.89. The Kier molecular flexibility index (Phi) is 2.18. The number of hydrogen-bond acceptors (Lipinski definition) is 3. The van der Waals surface area contributed by atoms with Crippen molar-refractivity contribution < 1.29 is 0 Å². The number of hydrogen-bond donors (Lipinski definition) is 1. The Morgan fingerprint density at radius 3 is 2.09 bits per heavy atom. The standard InChI is InChI=1S/C7H12ClN3/c1-3-7(4-2)5(8)10-11-6(7)9/h3-4H2,1-2H3,(H2,9,11). The lowest BCUT2D eigenvalue weighted by Gasteiger charge is -2.23. The van der Waals surface area contributed by atoms with Crippen molar-refractivity contribution in [3.05, 3.63) is 0 Å². The van der Waals surface area contributed by atoms with E-state index in [2.05, 4.69) is 10.2 Å². The summed E-state index contributed by atoms with van der Waals surface area (Å²) in [6, 6.07) is 0. The van der Waals surface area contributed by atoms with Crippen molar-refractivity contribution in [2.75, 3.05) is 0 Å². The molecule has 0 bridgehead atoms. The van der Waals surface area contributed by atoms with E-state index in [0.29, 0.717) is 11.0 Å². The van der Waals surface area contributed by atoms with E-state index in [1.807, 2.05) is 13.8 Å². The third kappa shape index (κ3) is 1.03. The van der Waals surface area contributed by atoms with E-state index in [4.69, 9.17) is 17.3 Å². The molecule has 1 aliphatic heterocycles. The van der Waals surface area contributed by atoms with E-state index < -0.39 is 0 Å². The highest BCUT2D eigenvalue weighted by Crippen LogP contribution is 2.34. The molecule has 2 N–H and O–H groups in total. The van der Waals surface area contributed by atoms with Crippen molar-refractivity contribution in [2.24, 2.45) is 21.4 Å². The van der Waals surface area contributed by atoms with Crippen molar-refractivity contribution >= 4 is 22.6 Å². The monoisotopic (exact) mass is 173 g/mol. The number of nitrogens with zero attached hydrogens (tertiary/aromatic N) is 2. The lowest BCUT2D eigenvalue weighted by molar-refractivity contribution is 0.543. The van der Waals surface area contributed by atoms with Gasteiger partial charge in [-0.05, 0) is 12.8 Å². The zero-order valence-corrected chi connectivity index (χ0v) is 7.52. The molecule has 0 unspecified atom stereocenters. The Balaban J connectivity index is 2.98. The summed E-state index contributed by atoms with van der Waals surface area (Å²) in [5.74, 6) is 0.549. The van der Waals surface area contributed by atoms with Gasteiger partial charge in [-0.15, -0.1) is 10.2 Å². The molecule has 0 aromatic carbocycles. The van der Waals surface area contributed by atoms with E-state index >= 15 is 0 Å². The van der Waals surface area contributed by atoms with E-state index in [1.165, 1.54) is 0 Å². The van der Waals surface area contributed by atoms with Gasteiger partial charge in [0, 0.05) is 0 Å². The van der Waals surface area contributed by atoms with Crippen molar-refractivity contribution in [3.8, 4) is 0 Å². The minimum atomic E-state index is -0.262. The molecule has 1 rings (SSSR count). The number of nitrogens with two attached hydrogens (primary N) is 1. The molecule has 3 nitrogen and oxygen atoms in total. The SMILES string of the molecule is CCC1(CC)C(N)=NN=C1Cl. The van der Waals surface area contributed by atoms with Crippen LogP contribution in [0, 0.1) is 5.41 Å². The van der Waals surface area contributed by atoms with Crippen LogP contribution in [0.5, 0.6) is 0 Å². The summed E-state index contributed by atoms with van der Waals surface area (Å²) in [6.45, 7) is 4.07. The Morgan fingerprint density at radius 2 is 1.91 bits per heavy atom. The molecule has 11 heavy (non-hydrogen) atoms. The topological polar surface area (TPSA) is 50.7 Å². The first-order valence-electron chi connectivity index (χ1n) is 3.75. The van der Waals surface area contributed by atoms with Crippen molar-refractivity contribution in [3.63, 3.8) is 0 Å². The Hall–Kier alpha value is -0.570. The van der Waals surface area contributed by atoms with Crippen LogP contribution >= 0.6 is 11.6 Å². The molecule has 0 fully saturated rings. The van der Waals surface area contributed by atoms with Crippen LogP contribution in [-0.2, 0) is 0 Å². The molecule has 0 radical (unpaired) electrons. The third-order valence-electron chi connectivity index (χ3n) is 2.34. The predicted octanol–water partition coefficient (Wildman–Crippen LogP) is 1.72. The molecule has 0 aromatic heterocycles. The van der Waals surface area contributed by atoms with Gasteiger partial charge in [-0.3, -0.25) is 0 Å². The molecule has 0 saturated heterocycles. The number of rotatable bonds is 2. The fourth-order valence-corrected chi connectivity index (χ4v) is 1.70. The average molecular weight is 174 g/mol. The quantitative estimate of drug-likeness (QED) is 0.679. The van der Waals surface area contributed by atoms with Gasteiger partial charge in [0.15, 0.2) is 0 Å². The van der Waals surface area contributed by atoms with Crippen LogP contribution in [0.3, 0.4) is 0 Å². The molecule has 1 heterocycles. The highest BCUT2D eigenvalue weighted by atomic mass is 35.5. The zero-order chi connectivity index (χ0) is 8.48. The van der Waals surface area contributed by atoms with E-state index in [1.54, 1.807) is 0 Å². The van der Waals surface area contributed by atoms with Crippen molar-refractivity contribution in [2.45, 2.75) is 26.7 Å². The zero-order valence-electron chi connectivity index (χ0n) is 6.76. The Labute approximate surface area is 71.3 Å². The molecule has 4 heteroatoms. The maximum Gasteiger partial charge on any atom is 0.142 e. The van der Waals surface area contributed by atoms with Gasteiger partial charge in [0.25, 0.3) is 0 Å². The molecule has 0 saturated carbocycles. The van der Waals surface area contributed by atoms with Crippen LogP contribution in [-0.4, -0.2) is 11.0 Å². The third-order valence-corrected chi connectivity index (χ3v) is 2.78. The van der Waals surface area contributed by atoms with E-state index in [9.17, 15) is 0 Å². The van der Waals surface area contributed by atoms with Crippen LogP contribution in [0.15, 0.2) is 10.2 Å². The summed E-state index contributed by atoms with van der Waals surface area (Å²) in [7, 11) is 0.